The van der Waals surface area contributed by atoms with E-state index < -0.39 is 0 Å². The van der Waals surface area contributed by atoms with Crippen LogP contribution >= 0.6 is 0 Å². The van der Waals surface area contributed by atoms with E-state index in [9.17, 15) is 0 Å². The maximum atomic E-state index is 9.17. The van der Waals surface area contributed by atoms with Crippen molar-refractivity contribution in [1.82, 2.24) is 5.32 Å². The maximum absolute atomic E-state index is 9.17. The van der Waals surface area contributed by atoms with Gasteiger partial charge in [-0.1, -0.05) is 13.0 Å². The highest BCUT2D eigenvalue weighted by Gasteiger charge is 2.16. The van der Waals surface area contributed by atoms with Crippen molar-refractivity contribution >= 4 is 0 Å². The van der Waals surface area contributed by atoms with Crippen LogP contribution in [0.25, 0.3) is 0 Å². The molecule has 94 valence electrons. The number of nitrogens with one attached hydrogen (secondary N) is 1. The van der Waals surface area contributed by atoms with Crippen molar-refractivity contribution < 1.29 is 14.6 Å². The van der Waals surface area contributed by atoms with Crippen molar-refractivity contribution in [3.8, 4) is 11.5 Å². The predicted molar refractivity (Wildman–Crippen MR) is 65.3 cm³/mol. The van der Waals surface area contributed by atoms with Gasteiger partial charge in [0.15, 0.2) is 11.5 Å². The van der Waals surface area contributed by atoms with Crippen molar-refractivity contribution in [2.45, 2.75) is 32.4 Å². The second-order valence-electron chi connectivity index (χ2n) is 4.29. The zero-order chi connectivity index (χ0) is 12.3. The Hall–Kier alpha value is -1.26. The molecule has 1 aromatic carbocycles. The molecule has 0 fully saturated rings. The molecule has 17 heavy (non-hydrogen) atoms. The van der Waals surface area contributed by atoms with Crippen molar-refractivity contribution in [3.63, 3.8) is 0 Å². The summed E-state index contributed by atoms with van der Waals surface area (Å²) in [6, 6.07) is 6.26. The Bertz CT molecular complexity index is 377. The minimum atomic E-state index is 0.135. The van der Waals surface area contributed by atoms with E-state index in [0.717, 1.165) is 23.5 Å². The Kier molecular flexibility index (Phi) is 3.86. The molecule has 0 amide bonds. The van der Waals surface area contributed by atoms with Crippen molar-refractivity contribution in [1.29, 1.82) is 0 Å². The summed E-state index contributed by atoms with van der Waals surface area (Å²) in [7, 11) is 0. The highest BCUT2D eigenvalue weighted by atomic mass is 16.7. The predicted octanol–water partition coefficient (Wildman–Crippen LogP) is 1.84. The average Bonchev–Trinajstić information content (AvgIpc) is 2.82. The van der Waals surface area contributed by atoms with Gasteiger partial charge in [-0.2, -0.15) is 0 Å². The summed E-state index contributed by atoms with van der Waals surface area (Å²) < 4.78 is 10.6. The van der Waals surface area contributed by atoms with Crippen LogP contribution in [0, 0.1) is 0 Å². The van der Waals surface area contributed by atoms with E-state index in [-0.39, 0.29) is 18.7 Å². The summed E-state index contributed by atoms with van der Waals surface area (Å²) in [5.41, 5.74) is 1.14. The lowest BCUT2D eigenvalue weighted by atomic mass is 10.1. The molecular formula is C13H19NO3. The highest BCUT2D eigenvalue weighted by Crippen LogP contribution is 2.34. The molecule has 4 nitrogen and oxygen atoms in total. The van der Waals surface area contributed by atoms with Gasteiger partial charge >= 0.3 is 0 Å². The summed E-state index contributed by atoms with van der Waals surface area (Å²) in [5.74, 6) is 1.60. The first-order chi connectivity index (χ1) is 8.24. The number of ether oxygens (including phenoxy) is 2. The number of rotatable bonds is 5. The van der Waals surface area contributed by atoms with Crippen LogP contribution in [0.1, 0.15) is 31.9 Å². The fourth-order valence-corrected chi connectivity index (χ4v) is 1.93. The van der Waals surface area contributed by atoms with Crippen LogP contribution in [0.15, 0.2) is 18.2 Å². The zero-order valence-electron chi connectivity index (χ0n) is 10.3. The number of aliphatic hydroxyl groups excluding tert-OH is 1. The molecule has 2 N–H and O–H groups in total. The molecule has 4 heteroatoms. The standard InChI is InChI=1S/C13H19NO3/c1-3-11(7-15)14-9(2)10-4-5-12-13(6-10)17-8-16-12/h4-6,9,11,14-15H,3,7-8H2,1-2H3/t9?,11-/m1/s1. The van der Waals surface area contributed by atoms with E-state index in [4.69, 9.17) is 14.6 Å². The zero-order valence-corrected chi connectivity index (χ0v) is 10.3. The Morgan fingerprint density at radius 2 is 2.12 bits per heavy atom. The topological polar surface area (TPSA) is 50.7 Å². The van der Waals surface area contributed by atoms with Gasteiger partial charge < -0.3 is 19.9 Å². The van der Waals surface area contributed by atoms with Crippen LogP contribution in [-0.2, 0) is 0 Å². The van der Waals surface area contributed by atoms with E-state index in [2.05, 4.69) is 19.2 Å². The van der Waals surface area contributed by atoms with Crippen molar-refractivity contribution in [2.75, 3.05) is 13.4 Å². The van der Waals surface area contributed by atoms with Gasteiger partial charge in [-0.05, 0) is 31.0 Å². The molecule has 1 unspecified atom stereocenters. The molecule has 0 saturated carbocycles. The second kappa shape index (κ2) is 5.38. The highest BCUT2D eigenvalue weighted by molar-refractivity contribution is 5.45. The molecule has 1 aromatic rings. The number of hydrogen-bond acceptors (Lipinski definition) is 4. The third-order valence-corrected chi connectivity index (χ3v) is 3.10. The van der Waals surface area contributed by atoms with Gasteiger partial charge in [-0.3, -0.25) is 0 Å². The molecule has 0 aromatic heterocycles. The fourth-order valence-electron chi connectivity index (χ4n) is 1.93. The van der Waals surface area contributed by atoms with E-state index >= 15 is 0 Å². The third kappa shape index (κ3) is 2.70. The van der Waals surface area contributed by atoms with Crippen LogP contribution in [-0.4, -0.2) is 24.5 Å². The molecule has 0 spiro atoms. The normalized spacial score (nSPS) is 16.9. The van der Waals surface area contributed by atoms with E-state index in [1.54, 1.807) is 0 Å². The molecule has 0 radical (unpaired) electrons. The number of aliphatic hydroxyl groups is 1. The lowest BCUT2D eigenvalue weighted by Crippen LogP contribution is -2.33. The fraction of sp³-hybridized carbons (Fsp3) is 0.538. The van der Waals surface area contributed by atoms with Gasteiger partial charge in [0, 0.05) is 12.1 Å². The number of hydrogen-bond donors (Lipinski definition) is 2. The summed E-state index contributed by atoms with van der Waals surface area (Å²) in [6.07, 6.45) is 0.908. The van der Waals surface area contributed by atoms with Crippen LogP contribution in [0.4, 0.5) is 0 Å². The van der Waals surface area contributed by atoms with Crippen molar-refractivity contribution in [2.24, 2.45) is 0 Å². The number of fused-ring (bicyclic) bond motifs is 1. The Morgan fingerprint density at radius 3 is 2.82 bits per heavy atom. The van der Waals surface area contributed by atoms with Gasteiger partial charge in [0.2, 0.25) is 6.79 Å². The van der Waals surface area contributed by atoms with E-state index in [1.807, 2.05) is 18.2 Å². The van der Waals surface area contributed by atoms with Gasteiger partial charge in [0.05, 0.1) is 6.61 Å². The third-order valence-electron chi connectivity index (χ3n) is 3.10. The molecule has 1 aliphatic heterocycles. The van der Waals surface area contributed by atoms with E-state index in [0.29, 0.717) is 6.79 Å². The molecule has 0 bridgehead atoms. The first-order valence-corrected chi connectivity index (χ1v) is 6.01. The SMILES string of the molecule is CC[C@H](CO)NC(C)c1ccc2c(c1)OCO2. The van der Waals surface area contributed by atoms with Crippen LogP contribution in [0.2, 0.25) is 0 Å². The minimum Gasteiger partial charge on any atom is -0.454 e. The average molecular weight is 237 g/mol. The van der Waals surface area contributed by atoms with Gasteiger partial charge in [-0.25, -0.2) is 0 Å². The largest absolute Gasteiger partial charge is 0.454 e. The van der Waals surface area contributed by atoms with E-state index in [1.165, 1.54) is 0 Å². The molecule has 1 heterocycles. The van der Waals surface area contributed by atoms with Gasteiger partial charge in [-0.15, -0.1) is 0 Å². The quantitative estimate of drug-likeness (QED) is 0.820. The molecule has 2 atom stereocenters. The van der Waals surface area contributed by atoms with Crippen LogP contribution < -0.4 is 14.8 Å². The summed E-state index contributed by atoms with van der Waals surface area (Å²) >= 11 is 0. The minimum absolute atomic E-state index is 0.135. The Balaban J connectivity index is 2.06. The maximum Gasteiger partial charge on any atom is 0.231 e. The second-order valence-corrected chi connectivity index (χ2v) is 4.29. The van der Waals surface area contributed by atoms with Crippen molar-refractivity contribution in [3.05, 3.63) is 23.8 Å². The number of benzene rings is 1. The molecule has 0 saturated heterocycles. The molecular weight excluding hydrogens is 218 g/mol. The molecule has 1 aliphatic rings. The van der Waals surface area contributed by atoms with Gasteiger partial charge in [0.25, 0.3) is 0 Å². The summed E-state index contributed by atoms with van der Waals surface area (Å²) in [4.78, 5) is 0. The Labute approximate surface area is 102 Å². The first-order valence-electron chi connectivity index (χ1n) is 6.01. The summed E-state index contributed by atoms with van der Waals surface area (Å²) in [6.45, 7) is 4.59. The molecule has 2 rings (SSSR count). The smallest absolute Gasteiger partial charge is 0.231 e. The van der Waals surface area contributed by atoms with Crippen LogP contribution in [0.5, 0.6) is 11.5 Å². The van der Waals surface area contributed by atoms with Gasteiger partial charge in [0.1, 0.15) is 0 Å². The lowest BCUT2D eigenvalue weighted by molar-refractivity contribution is 0.174. The monoisotopic (exact) mass is 237 g/mol. The lowest BCUT2D eigenvalue weighted by Gasteiger charge is -2.21. The first kappa shape index (κ1) is 12.2. The Morgan fingerprint density at radius 1 is 1.35 bits per heavy atom. The molecule has 0 aliphatic carbocycles. The summed E-state index contributed by atoms with van der Waals surface area (Å²) in [5, 5.41) is 12.5. The van der Waals surface area contributed by atoms with Crippen LogP contribution in [0.3, 0.4) is 0 Å².